The summed E-state index contributed by atoms with van der Waals surface area (Å²) in [6.45, 7) is 14.8. The molecular formula is C18H32N2. The van der Waals surface area contributed by atoms with Crippen molar-refractivity contribution in [1.82, 2.24) is 10.2 Å². The number of rotatable bonds is 10. The number of hydrogen-bond donors (Lipinski definition) is 1. The molecule has 1 aromatic carbocycles. The van der Waals surface area contributed by atoms with E-state index in [1.54, 1.807) is 0 Å². The van der Waals surface area contributed by atoms with Gasteiger partial charge in [0.25, 0.3) is 0 Å². The Morgan fingerprint density at radius 3 is 2.35 bits per heavy atom. The van der Waals surface area contributed by atoms with Crippen molar-refractivity contribution in [3.05, 3.63) is 35.9 Å². The Morgan fingerprint density at radius 1 is 1.10 bits per heavy atom. The molecule has 0 aliphatic carbocycles. The van der Waals surface area contributed by atoms with Crippen molar-refractivity contribution in [2.24, 2.45) is 5.41 Å². The van der Waals surface area contributed by atoms with Crippen molar-refractivity contribution in [3.8, 4) is 0 Å². The number of nitrogens with one attached hydrogen (secondary N) is 1. The molecule has 0 fully saturated rings. The van der Waals surface area contributed by atoms with Crippen LogP contribution in [0.4, 0.5) is 0 Å². The monoisotopic (exact) mass is 276 g/mol. The van der Waals surface area contributed by atoms with Gasteiger partial charge in [0, 0.05) is 19.6 Å². The van der Waals surface area contributed by atoms with Crippen molar-refractivity contribution in [1.29, 1.82) is 0 Å². The van der Waals surface area contributed by atoms with Crippen LogP contribution in [0.5, 0.6) is 0 Å². The van der Waals surface area contributed by atoms with E-state index >= 15 is 0 Å². The summed E-state index contributed by atoms with van der Waals surface area (Å²) in [5, 5.41) is 3.59. The standard InChI is InChI=1S/C18H32N2/c1-5-13-19-15-18(4,6-2)16-20(7-3)14-17-11-9-8-10-12-17/h8-12,19H,5-7,13-16H2,1-4H3. The maximum atomic E-state index is 3.59. The fourth-order valence-electron chi connectivity index (χ4n) is 2.52. The third-order valence-corrected chi connectivity index (χ3v) is 4.13. The summed E-state index contributed by atoms with van der Waals surface area (Å²) in [5.41, 5.74) is 1.77. The lowest BCUT2D eigenvalue weighted by atomic mass is 9.86. The molecular weight excluding hydrogens is 244 g/mol. The van der Waals surface area contributed by atoms with Gasteiger partial charge in [-0.05, 0) is 36.9 Å². The minimum atomic E-state index is 0.361. The van der Waals surface area contributed by atoms with Gasteiger partial charge in [0.05, 0.1) is 0 Å². The van der Waals surface area contributed by atoms with E-state index in [2.05, 4.69) is 68.2 Å². The SMILES string of the molecule is CCCNCC(C)(CC)CN(CC)Cc1ccccc1. The molecule has 1 N–H and O–H groups in total. The van der Waals surface area contributed by atoms with E-state index in [1.165, 1.54) is 18.4 Å². The molecule has 0 aromatic heterocycles. The third kappa shape index (κ3) is 6.06. The van der Waals surface area contributed by atoms with Crippen molar-refractivity contribution >= 4 is 0 Å². The van der Waals surface area contributed by atoms with Crippen molar-refractivity contribution in [3.63, 3.8) is 0 Å². The third-order valence-electron chi connectivity index (χ3n) is 4.13. The molecule has 0 aliphatic heterocycles. The second-order valence-electron chi connectivity index (χ2n) is 6.13. The summed E-state index contributed by atoms with van der Waals surface area (Å²) >= 11 is 0. The molecule has 1 unspecified atom stereocenters. The average Bonchev–Trinajstić information content (AvgIpc) is 2.48. The van der Waals surface area contributed by atoms with E-state index in [9.17, 15) is 0 Å². The Labute approximate surface area is 125 Å². The summed E-state index contributed by atoms with van der Waals surface area (Å²) in [5.74, 6) is 0. The van der Waals surface area contributed by atoms with Crippen LogP contribution < -0.4 is 5.32 Å². The number of benzene rings is 1. The maximum absolute atomic E-state index is 3.59. The summed E-state index contributed by atoms with van der Waals surface area (Å²) in [4.78, 5) is 2.56. The topological polar surface area (TPSA) is 15.3 Å². The average molecular weight is 276 g/mol. The van der Waals surface area contributed by atoms with Gasteiger partial charge in [-0.25, -0.2) is 0 Å². The molecule has 0 aliphatic rings. The van der Waals surface area contributed by atoms with Crippen molar-refractivity contribution in [2.45, 2.75) is 47.1 Å². The van der Waals surface area contributed by atoms with Crippen LogP contribution in [0, 0.1) is 5.41 Å². The lowest BCUT2D eigenvalue weighted by Crippen LogP contribution is -2.42. The lowest BCUT2D eigenvalue weighted by molar-refractivity contribution is 0.155. The highest BCUT2D eigenvalue weighted by molar-refractivity contribution is 5.14. The molecule has 0 amide bonds. The maximum Gasteiger partial charge on any atom is 0.0233 e. The van der Waals surface area contributed by atoms with Gasteiger partial charge in [0.1, 0.15) is 0 Å². The molecule has 0 saturated carbocycles. The van der Waals surface area contributed by atoms with Crippen LogP contribution >= 0.6 is 0 Å². The van der Waals surface area contributed by atoms with Gasteiger partial charge in [-0.2, -0.15) is 0 Å². The Morgan fingerprint density at radius 2 is 1.80 bits per heavy atom. The summed E-state index contributed by atoms with van der Waals surface area (Å²) in [7, 11) is 0. The van der Waals surface area contributed by atoms with Crippen molar-refractivity contribution in [2.75, 3.05) is 26.2 Å². The van der Waals surface area contributed by atoms with E-state index in [0.29, 0.717) is 5.41 Å². The summed E-state index contributed by atoms with van der Waals surface area (Å²) in [6.07, 6.45) is 2.43. The Hall–Kier alpha value is -0.860. The predicted octanol–water partition coefficient (Wildman–Crippen LogP) is 3.92. The molecule has 1 rings (SSSR count). The van der Waals surface area contributed by atoms with Crippen LogP contribution in [0.1, 0.15) is 46.1 Å². The highest BCUT2D eigenvalue weighted by Gasteiger charge is 2.24. The lowest BCUT2D eigenvalue weighted by Gasteiger charge is -2.35. The molecule has 1 atom stereocenters. The van der Waals surface area contributed by atoms with Gasteiger partial charge in [0.2, 0.25) is 0 Å². The fraction of sp³-hybridized carbons (Fsp3) is 0.667. The van der Waals surface area contributed by atoms with Crippen LogP contribution in [0.15, 0.2) is 30.3 Å². The fourth-order valence-corrected chi connectivity index (χ4v) is 2.52. The molecule has 114 valence electrons. The van der Waals surface area contributed by atoms with Crippen molar-refractivity contribution < 1.29 is 0 Å². The number of hydrogen-bond acceptors (Lipinski definition) is 2. The summed E-state index contributed by atoms with van der Waals surface area (Å²) < 4.78 is 0. The molecule has 0 heterocycles. The van der Waals surface area contributed by atoms with Gasteiger partial charge < -0.3 is 5.32 Å². The first-order valence-electron chi connectivity index (χ1n) is 8.10. The normalized spacial score (nSPS) is 14.4. The van der Waals surface area contributed by atoms with Gasteiger partial charge in [0.15, 0.2) is 0 Å². The Kier molecular flexibility index (Phi) is 7.86. The van der Waals surface area contributed by atoms with Crippen LogP contribution in [0.2, 0.25) is 0 Å². The first-order valence-corrected chi connectivity index (χ1v) is 8.10. The van der Waals surface area contributed by atoms with E-state index in [0.717, 1.165) is 32.7 Å². The largest absolute Gasteiger partial charge is 0.316 e. The van der Waals surface area contributed by atoms with Gasteiger partial charge in [-0.15, -0.1) is 0 Å². The predicted molar refractivity (Wildman–Crippen MR) is 89.0 cm³/mol. The zero-order valence-corrected chi connectivity index (χ0v) is 13.8. The minimum Gasteiger partial charge on any atom is -0.316 e. The highest BCUT2D eigenvalue weighted by atomic mass is 15.1. The van der Waals surface area contributed by atoms with E-state index < -0.39 is 0 Å². The van der Waals surface area contributed by atoms with Crippen LogP contribution in [0.25, 0.3) is 0 Å². The molecule has 0 radical (unpaired) electrons. The molecule has 2 nitrogen and oxygen atoms in total. The van der Waals surface area contributed by atoms with Gasteiger partial charge in [-0.1, -0.05) is 58.0 Å². The molecule has 1 aromatic rings. The highest BCUT2D eigenvalue weighted by Crippen LogP contribution is 2.22. The quantitative estimate of drug-likeness (QED) is 0.652. The molecule has 0 spiro atoms. The zero-order chi connectivity index (χ0) is 14.8. The van der Waals surface area contributed by atoms with Crippen LogP contribution in [-0.4, -0.2) is 31.1 Å². The van der Waals surface area contributed by atoms with Crippen LogP contribution in [0.3, 0.4) is 0 Å². The first-order chi connectivity index (χ1) is 9.63. The second-order valence-corrected chi connectivity index (χ2v) is 6.13. The molecule has 2 heteroatoms. The van der Waals surface area contributed by atoms with E-state index in [1.807, 2.05) is 0 Å². The number of nitrogens with zero attached hydrogens (tertiary/aromatic N) is 1. The Bertz CT molecular complexity index is 350. The van der Waals surface area contributed by atoms with E-state index in [-0.39, 0.29) is 0 Å². The summed E-state index contributed by atoms with van der Waals surface area (Å²) in [6, 6.07) is 10.8. The second kappa shape index (κ2) is 9.15. The molecule has 0 bridgehead atoms. The smallest absolute Gasteiger partial charge is 0.0233 e. The Balaban J connectivity index is 2.55. The first kappa shape index (κ1) is 17.2. The molecule has 20 heavy (non-hydrogen) atoms. The van der Waals surface area contributed by atoms with Crippen LogP contribution in [-0.2, 0) is 6.54 Å². The van der Waals surface area contributed by atoms with Gasteiger partial charge >= 0.3 is 0 Å². The zero-order valence-electron chi connectivity index (χ0n) is 13.8. The minimum absolute atomic E-state index is 0.361. The van der Waals surface area contributed by atoms with Gasteiger partial charge in [-0.3, -0.25) is 4.90 Å². The van der Waals surface area contributed by atoms with E-state index in [4.69, 9.17) is 0 Å². The molecule has 0 saturated heterocycles.